The minimum absolute atomic E-state index is 0.164. The van der Waals surface area contributed by atoms with Gasteiger partial charge in [-0.3, -0.25) is 14.9 Å². The number of halogens is 5. The molecule has 18 heteroatoms. The Morgan fingerprint density at radius 2 is 1.41 bits per heavy atom. The molecule has 348 valence electrons. The van der Waals surface area contributed by atoms with Gasteiger partial charge >= 0.3 is 24.2 Å². The quantitative estimate of drug-likeness (QED) is 0.0534. The van der Waals surface area contributed by atoms with Gasteiger partial charge in [0.05, 0.1) is 7.05 Å². The fraction of sp³-hybridized carbons (Fsp3) is 0.396. The van der Waals surface area contributed by atoms with Crippen molar-refractivity contribution in [3.05, 3.63) is 121 Å². The van der Waals surface area contributed by atoms with Crippen LogP contribution in [0.15, 0.2) is 121 Å². The van der Waals surface area contributed by atoms with E-state index in [0.717, 1.165) is 15.9 Å². The zero-order valence-electron chi connectivity index (χ0n) is 36.4. The molecule has 3 aliphatic carbocycles. The highest BCUT2D eigenvalue weighted by Crippen LogP contribution is 2.69. The zero-order chi connectivity index (χ0) is 47.8. The predicted molar refractivity (Wildman–Crippen MR) is 242 cm³/mol. The number of hydrogen-bond acceptors (Lipinski definition) is 11. The van der Waals surface area contributed by atoms with Gasteiger partial charge in [0, 0.05) is 38.6 Å². The van der Waals surface area contributed by atoms with E-state index < -0.39 is 94.2 Å². The minimum atomic E-state index is -5.38. The Kier molecular flexibility index (Phi) is 13.8. The maximum absolute atomic E-state index is 14.6. The first kappa shape index (κ1) is 48.6. The van der Waals surface area contributed by atoms with Gasteiger partial charge in [0.2, 0.25) is 4.84 Å². The Balaban J connectivity index is 1.23. The number of ketones is 1. The van der Waals surface area contributed by atoms with Crippen molar-refractivity contribution in [3.63, 3.8) is 0 Å². The summed E-state index contributed by atoms with van der Waals surface area (Å²) in [5, 5.41) is 13.5. The van der Waals surface area contributed by atoms with Gasteiger partial charge in [-0.05, 0) is 49.1 Å². The molecule has 2 amide bonds. The largest absolute Gasteiger partial charge is 0.490 e. The lowest BCUT2D eigenvalue weighted by Crippen LogP contribution is -2.64. The van der Waals surface area contributed by atoms with E-state index in [9.17, 15) is 37.1 Å². The molecule has 3 saturated carbocycles. The molecule has 4 aromatic rings. The van der Waals surface area contributed by atoms with Gasteiger partial charge < -0.3 is 14.2 Å². The van der Waals surface area contributed by atoms with Crippen LogP contribution in [0.3, 0.4) is 0 Å². The molecule has 2 bridgehead atoms. The highest BCUT2D eigenvalue weighted by molar-refractivity contribution is 7.87. The summed E-state index contributed by atoms with van der Waals surface area (Å²) in [7, 11) is -2.75. The van der Waals surface area contributed by atoms with E-state index in [1.54, 1.807) is 13.8 Å². The highest BCUT2D eigenvalue weighted by atomic mass is 35.5. The maximum Gasteiger partial charge on any atom is 0.490 e. The highest BCUT2D eigenvalue weighted by Gasteiger charge is 2.72. The van der Waals surface area contributed by atoms with Crippen molar-refractivity contribution in [2.75, 3.05) is 0 Å². The molecule has 3 aliphatic rings. The first-order valence-corrected chi connectivity index (χ1v) is 23.9. The molecule has 0 saturated heterocycles. The van der Waals surface area contributed by atoms with Crippen LogP contribution in [0.5, 0.6) is 0 Å². The summed E-state index contributed by atoms with van der Waals surface area (Å²) >= 11 is 11.6. The summed E-state index contributed by atoms with van der Waals surface area (Å²) in [6.45, 7) is 10.6. The number of carbonyl (C=O) groups excluding carboxylic acids is 5. The van der Waals surface area contributed by atoms with E-state index in [1.165, 1.54) is 25.1 Å². The van der Waals surface area contributed by atoms with Gasteiger partial charge in [0.1, 0.15) is 12.2 Å². The van der Waals surface area contributed by atoms with Gasteiger partial charge in [-0.25, -0.2) is 19.1 Å². The number of Topliss-reactive ketones (excluding diaryl/α,β-unsaturated/α-hetero) is 1. The SMILES string of the molecule is C=C[C@]1(C)C[C@@H](OC(=O)NC(=O)c2ccc(N=P(c3ccccc3)(c3ccccc3)c3ccccc3)nn2)[C@]2(C)C(C)CC[C@]3(C[C@H](OC(=O)C(Cl)Cl)C(=O)C32)[C@@H](C)[C@@H]1OC(=O)C(F)(F)F. The van der Waals surface area contributed by atoms with Crippen LogP contribution < -0.4 is 21.2 Å². The number of alkyl carbamates (subject to hydrolysis) is 1. The van der Waals surface area contributed by atoms with Crippen LogP contribution in [0.2, 0.25) is 0 Å². The second kappa shape index (κ2) is 18.7. The second-order valence-corrected chi connectivity index (χ2v) is 21.8. The van der Waals surface area contributed by atoms with Crippen LogP contribution in [0.4, 0.5) is 23.8 Å². The standard InChI is InChI=1S/C48H48Cl2F3N4O8P/c1-6-45(4)27-35(46(5)28(2)24-25-47(29(3)39(45)65-43(61)48(51,52)53)26-34(37(58)38(46)47)63-42(60)40(49)50)64-44(62)54-41(59)33-22-23-36(56-55-33)57-66(30-16-10-7-11-17-30,31-18-12-8-13-19-31)32-20-14-9-15-21-32/h6-23,28-29,34-35,38-40H,1,24-27H2,2-5H3,(H,54,59,62)/t28?,29-,34-,35+,38?,39-,45+,46-,47-/m0/s1. The topological polar surface area (TPSA) is 163 Å². The number of benzene rings is 3. The molecular formula is C48H48Cl2F3N4O8P. The van der Waals surface area contributed by atoms with Crippen molar-refractivity contribution in [1.29, 1.82) is 0 Å². The van der Waals surface area contributed by atoms with E-state index in [0.29, 0.717) is 6.42 Å². The van der Waals surface area contributed by atoms with Gasteiger partial charge in [0.25, 0.3) is 5.91 Å². The van der Waals surface area contributed by atoms with Gasteiger partial charge in [0.15, 0.2) is 23.4 Å². The van der Waals surface area contributed by atoms with Crippen molar-refractivity contribution in [2.45, 2.75) is 82.7 Å². The molecule has 7 rings (SSSR count). The lowest BCUT2D eigenvalue weighted by Gasteiger charge is -2.61. The monoisotopic (exact) mass is 966 g/mol. The first-order chi connectivity index (χ1) is 31.2. The van der Waals surface area contributed by atoms with Crippen molar-refractivity contribution >= 4 is 81.7 Å². The number of esters is 2. The third-order valence-corrected chi connectivity index (χ3v) is 18.2. The smallest absolute Gasteiger partial charge is 0.454 e. The molecule has 0 radical (unpaired) electrons. The lowest BCUT2D eigenvalue weighted by atomic mass is 9.44. The molecule has 1 heterocycles. The lowest BCUT2D eigenvalue weighted by molar-refractivity contribution is -0.229. The Labute approximate surface area is 390 Å². The second-order valence-electron chi connectivity index (χ2n) is 17.7. The molecular weight excluding hydrogens is 919 g/mol. The molecule has 1 N–H and O–H groups in total. The third-order valence-electron chi connectivity index (χ3n) is 14.2. The summed E-state index contributed by atoms with van der Waals surface area (Å²) in [6, 6.07) is 32.2. The molecule has 66 heavy (non-hydrogen) atoms. The molecule has 3 aromatic carbocycles. The number of amides is 2. The summed E-state index contributed by atoms with van der Waals surface area (Å²) in [5.74, 6) is -7.36. The van der Waals surface area contributed by atoms with E-state index in [-0.39, 0.29) is 36.7 Å². The van der Waals surface area contributed by atoms with Crippen LogP contribution in [-0.4, -0.2) is 69.2 Å². The zero-order valence-corrected chi connectivity index (χ0v) is 38.8. The van der Waals surface area contributed by atoms with Crippen molar-refractivity contribution in [1.82, 2.24) is 15.5 Å². The molecule has 1 aromatic heterocycles. The van der Waals surface area contributed by atoms with Crippen molar-refractivity contribution in [3.8, 4) is 0 Å². The fourth-order valence-electron chi connectivity index (χ4n) is 10.7. The molecule has 2 unspecified atom stereocenters. The molecule has 0 spiro atoms. The number of alkyl halides is 5. The number of imide groups is 1. The number of nitrogens with one attached hydrogen (secondary N) is 1. The van der Waals surface area contributed by atoms with Crippen LogP contribution in [0, 0.1) is 34.0 Å². The number of nitrogens with zero attached hydrogens (tertiary/aromatic N) is 3. The van der Waals surface area contributed by atoms with Gasteiger partial charge in [-0.1, -0.05) is 148 Å². The van der Waals surface area contributed by atoms with Gasteiger partial charge in [-0.2, -0.15) is 13.2 Å². The molecule has 0 aliphatic heterocycles. The number of ether oxygens (including phenoxy) is 3. The normalized spacial score (nSPS) is 28.5. The fourth-order valence-corrected chi connectivity index (χ4v) is 14.2. The van der Waals surface area contributed by atoms with Crippen molar-refractivity contribution < 1.29 is 51.4 Å². The van der Waals surface area contributed by atoms with Crippen LogP contribution in [-0.2, 0) is 28.6 Å². The maximum atomic E-state index is 14.6. The Morgan fingerprint density at radius 1 is 0.848 bits per heavy atom. The van der Waals surface area contributed by atoms with E-state index in [1.807, 2.05) is 97.9 Å². The first-order valence-electron chi connectivity index (χ1n) is 21.3. The predicted octanol–water partition coefficient (Wildman–Crippen LogP) is 8.95. The summed E-state index contributed by atoms with van der Waals surface area (Å²) < 4.78 is 63.9. The van der Waals surface area contributed by atoms with E-state index >= 15 is 0 Å². The van der Waals surface area contributed by atoms with Crippen molar-refractivity contribution in [2.24, 2.45) is 38.7 Å². The van der Waals surface area contributed by atoms with Gasteiger partial charge in [-0.15, -0.1) is 16.8 Å². The third kappa shape index (κ3) is 8.81. The van der Waals surface area contributed by atoms with E-state index in [2.05, 4.69) is 22.1 Å². The summed E-state index contributed by atoms with van der Waals surface area (Å²) in [5.41, 5.74) is -4.32. The number of aromatic nitrogens is 2. The number of hydrogen-bond donors (Lipinski definition) is 1. The molecule has 9 atom stereocenters. The Hall–Kier alpha value is -5.37. The minimum Gasteiger partial charge on any atom is -0.454 e. The number of carbonyl (C=O) groups is 5. The average Bonchev–Trinajstić information content (AvgIpc) is 3.60. The Morgan fingerprint density at radius 3 is 1.89 bits per heavy atom. The summed E-state index contributed by atoms with van der Waals surface area (Å²) in [4.78, 5) is 66.0. The van der Waals surface area contributed by atoms with Crippen LogP contribution in [0.25, 0.3) is 0 Å². The molecule has 12 nitrogen and oxygen atoms in total. The average molecular weight is 968 g/mol. The van der Waals surface area contributed by atoms with Crippen LogP contribution in [0.1, 0.15) is 63.9 Å². The Bertz CT molecular complexity index is 2450. The van der Waals surface area contributed by atoms with Crippen LogP contribution >= 0.6 is 30.3 Å². The molecule has 3 fully saturated rings. The van der Waals surface area contributed by atoms with E-state index in [4.69, 9.17) is 42.2 Å². The summed E-state index contributed by atoms with van der Waals surface area (Å²) in [6.07, 6.45) is -9.43. The number of rotatable bonds is 10.